The van der Waals surface area contributed by atoms with Crippen LogP contribution in [0.5, 0.6) is 0 Å². The number of fused-ring (bicyclic) bond motifs is 1. The predicted octanol–water partition coefficient (Wildman–Crippen LogP) is 3.20. The number of carbonyl (C=O) groups is 1. The molecule has 0 radical (unpaired) electrons. The van der Waals surface area contributed by atoms with Gasteiger partial charge in [-0.3, -0.25) is 9.10 Å². The zero-order chi connectivity index (χ0) is 18.9. The van der Waals surface area contributed by atoms with Crippen molar-refractivity contribution in [2.45, 2.75) is 32.7 Å². The summed E-state index contributed by atoms with van der Waals surface area (Å²) in [6, 6.07) is 13.3. The van der Waals surface area contributed by atoms with Crippen LogP contribution >= 0.6 is 0 Å². The maximum Gasteiger partial charge on any atom is 0.251 e. The molecule has 1 heterocycles. The maximum atomic E-state index is 12.7. The number of hydrogen-bond acceptors (Lipinski definition) is 3. The second-order valence-electron chi connectivity index (χ2n) is 6.77. The fourth-order valence-electron chi connectivity index (χ4n) is 3.32. The lowest BCUT2D eigenvalue weighted by Gasteiger charge is -2.19. The minimum atomic E-state index is -3.28. The Morgan fingerprint density at radius 2 is 1.88 bits per heavy atom. The van der Waals surface area contributed by atoms with Crippen molar-refractivity contribution in [3.8, 4) is 0 Å². The van der Waals surface area contributed by atoms with Crippen LogP contribution in [-0.2, 0) is 16.4 Å². The Morgan fingerprint density at radius 3 is 2.50 bits per heavy atom. The van der Waals surface area contributed by atoms with Crippen LogP contribution in [0, 0.1) is 6.92 Å². The van der Waals surface area contributed by atoms with Gasteiger partial charge in [-0.2, -0.15) is 0 Å². The summed E-state index contributed by atoms with van der Waals surface area (Å²) in [5.41, 5.74) is 4.39. The molecule has 1 atom stereocenters. The lowest BCUT2D eigenvalue weighted by Crippen LogP contribution is -2.28. The second-order valence-corrected chi connectivity index (χ2v) is 8.68. The number of rotatable bonds is 5. The van der Waals surface area contributed by atoms with Crippen molar-refractivity contribution in [2.24, 2.45) is 0 Å². The van der Waals surface area contributed by atoms with Crippen molar-refractivity contribution >= 4 is 21.6 Å². The Kier molecular flexibility index (Phi) is 5.05. The summed E-state index contributed by atoms with van der Waals surface area (Å²) in [6.07, 6.45) is 2.62. The number of nitrogens with zero attached hydrogens (tertiary/aromatic N) is 1. The summed E-state index contributed by atoms with van der Waals surface area (Å²) in [6.45, 7) is 4.51. The summed E-state index contributed by atoms with van der Waals surface area (Å²) < 4.78 is 25.0. The standard InChI is InChI=1S/C20H24N2O3S/c1-4-18(15-7-5-14(2)6-8-15)21-20(23)17-9-10-19-16(13-17)11-12-22(19)26(3,24)25/h5-10,13,18H,4,11-12H2,1-3H3,(H,21,23). The molecule has 0 bridgehead atoms. The van der Waals surface area contributed by atoms with E-state index in [4.69, 9.17) is 0 Å². The van der Waals surface area contributed by atoms with Gasteiger partial charge in [0.25, 0.3) is 5.91 Å². The predicted molar refractivity (Wildman–Crippen MR) is 104 cm³/mol. The van der Waals surface area contributed by atoms with Crippen LogP contribution in [0.4, 0.5) is 5.69 Å². The molecular weight excluding hydrogens is 348 g/mol. The van der Waals surface area contributed by atoms with Gasteiger partial charge in [0.05, 0.1) is 18.0 Å². The number of carbonyl (C=O) groups excluding carboxylic acids is 1. The quantitative estimate of drug-likeness (QED) is 0.876. The van der Waals surface area contributed by atoms with Crippen molar-refractivity contribution in [2.75, 3.05) is 17.1 Å². The molecule has 5 nitrogen and oxygen atoms in total. The van der Waals surface area contributed by atoms with E-state index in [0.717, 1.165) is 17.5 Å². The summed E-state index contributed by atoms with van der Waals surface area (Å²) in [4.78, 5) is 12.7. The van der Waals surface area contributed by atoms with Crippen LogP contribution in [0.3, 0.4) is 0 Å². The van der Waals surface area contributed by atoms with E-state index in [1.165, 1.54) is 16.1 Å². The van der Waals surface area contributed by atoms with Crippen molar-refractivity contribution in [3.05, 3.63) is 64.7 Å². The van der Waals surface area contributed by atoms with Crippen LogP contribution in [-0.4, -0.2) is 27.1 Å². The number of amides is 1. The van der Waals surface area contributed by atoms with Gasteiger partial charge in [0, 0.05) is 12.1 Å². The molecule has 6 heteroatoms. The van der Waals surface area contributed by atoms with E-state index in [9.17, 15) is 13.2 Å². The molecule has 1 N–H and O–H groups in total. The molecule has 0 fully saturated rings. The molecule has 3 rings (SSSR count). The Bertz CT molecular complexity index is 921. The molecule has 1 unspecified atom stereocenters. The Hall–Kier alpha value is -2.34. The second kappa shape index (κ2) is 7.11. The van der Waals surface area contributed by atoms with Gasteiger partial charge in [-0.25, -0.2) is 8.42 Å². The molecule has 2 aromatic carbocycles. The lowest BCUT2D eigenvalue weighted by molar-refractivity contribution is 0.0935. The highest BCUT2D eigenvalue weighted by Gasteiger charge is 2.27. The largest absolute Gasteiger partial charge is 0.345 e. The lowest BCUT2D eigenvalue weighted by atomic mass is 10.0. The molecule has 1 amide bonds. The monoisotopic (exact) mass is 372 g/mol. The summed E-state index contributed by atoms with van der Waals surface area (Å²) in [7, 11) is -3.28. The van der Waals surface area contributed by atoms with E-state index in [2.05, 4.69) is 5.32 Å². The number of nitrogens with one attached hydrogen (secondary N) is 1. The molecule has 0 saturated carbocycles. The van der Waals surface area contributed by atoms with E-state index in [0.29, 0.717) is 24.2 Å². The number of hydrogen-bond donors (Lipinski definition) is 1. The average Bonchev–Trinajstić information content (AvgIpc) is 3.03. The third-order valence-corrected chi connectivity index (χ3v) is 5.97. The van der Waals surface area contributed by atoms with E-state index >= 15 is 0 Å². The number of aryl methyl sites for hydroxylation is 1. The van der Waals surface area contributed by atoms with E-state index in [1.807, 2.05) is 38.1 Å². The first kappa shape index (κ1) is 18.5. The van der Waals surface area contributed by atoms with E-state index in [1.54, 1.807) is 18.2 Å². The molecule has 2 aromatic rings. The van der Waals surface area contributed by atoms with Gasteiger partial charge >= 0.3 is 0 Å². The van der Waals surface area contributed by atoms with E-state index in [-0.39, 0.29) is 11.9 Å². The molecule has 0 saturated heterocycles. The highest BCUT2D eigenvalue weighted by Crippen LogP contribution is 2.31. The smallest absolute Gasteiger partial charge is 0.251 e. The first-order valence-corrected chi connectivity index (χ1v) is 10.6. The zero-order valence-corrected chi connectivity index (χ0v) is 16.1. The normalized spacial score (nSPS) is 14.8. The number of sulfonamides is 1. The molecule has 138 valence electrons. The first-order valence-electron chi connectivity index (χ1n) is 8.77. The summed E-state index contributed by atoms with van der Waals surface area (Å²) in [5.74, 6) is -0.141. The van der Waals surface area contributed by atoms with Crippen molar-refractivity contribution in [3.63, 3.8) is 0 Å². The first-order chi connectivity index (χ1) is 12.3. The molecule has 26 heavy (non-hydrogen) atoms. The van der Waals surface area contributed by atoms with Crippen LogP contribution in [0.15, 0.2) is 42.5 Å². The van der Waals surface area contributed by atoms with Crippen LogP contribution in [0.2, 0.25) is 0 Å². The molecule has 0 aliphatic carbocycles. The summed E-state index contributed by atoms with van der Waals surface area (Å²) in [5, 5.41) is 3.08. The fourth-order valence-corrected chi connectivity index (χ4v) is 4.28. The molecule has 0 spiro atoms. The third-order valence-electron chi connectivity index (χ3n) is 4.79. The van der Waals surface area contributed by atoms with Crippen molar-refractivity contribution in [1.82, 2.24) is 5.32 Å². The minimum absolute atomic E-state index is 0.0520. The van der Waals surface area contributed by atoms with Gasteiger partial charge < -0.3 is 5.32 Å². The van der Waals surface area contributed by atoms with Crippen LogP contribution in [0.25, 0.3) is 0 Å². The van der Waals surface area contributed by atoms with Crippen LogP contribution in [0.1, 0.15) is 46.4 Å². The number of benzene rings is 2. The van der Waals surface area contributed by atoms with Gasteiger partial charge in [0.2, 0.25) is 10.0 Å². The molecule has 1 aliphatic heterocycles. The molecule has 1 aliphatic rings. The Balaban J connectivity index is 1.79. The summed E-state index contributed by atoms with van der Waals surface area (Å²) >= 11 is 0. The third kappa shape index (κ3) is 3.75. The van der Waals surface area contributed by atoms with E-state index < -0.39 is 10.0 Å². The van der Waals surface area contributed by atoms with Gasteiger partial charge in [-0.15, -0.1) is 0 Å². The number of anilines is 1. The van der Waals surface area contributed by atoms with Crippen molar-refractivity contribution < 1.29 is 13.2 Å². The van der Waals surface area contributed by atoms with Gasteiger partial charge in [-0.1, -0.05) is 36.8 Å². The average molecular weight is 372 g/mol. The maximum absolute atomic E-state index is 12.7. The van der Waals surface area contributed by atoms with Gasteiger partial charge in [0.1, 0.15) is 0 Å². The fraction of sp³-hybridized carbons (Fsp3) is 0.350. The Morgan fingerprint density at radius 1 is 1.19 bits per heavy atom. The highest BCUT2D eigenvalue weighted by atomic mass is 32.2. The zero-order valence-electron chi connectivity index (χ0n) is 15.3. The van der Waals surface area contributed by atoms with Gasteiger partial charge in [0.15, 0.2) is 0 Å². The minimum Gasteiger partial charge on any atom is -0.345 e. The topological polar surface area (TPSA) is 66.5 Å². The molecule has 0 aromatic heterocycles. The van der Waals surface area contributed by atoms with Crippen molar-refractivity contribution in [1.29, 1.82) is 0 Å². The highest BCUT2D eigenvalue weighted by molar-refractivity contribution is 7.92. The van der Waals surface area contributed by atoms with Crippen LogP contribution < -0.4 is 9.62 Å². The molecular formula is C20H24N2O3S. The van der Waals surface area contributed by atoms with Gasteiger partial charge in [-0.05, 0) is 49.1 Å². The SMILES string of the molecule is CCC(NC(=O)c1ccc2c(c1)CCN2S(C)(=O)=O)c1ccc(C)cc1. The Labute approximate surface area is 155 Å².